The van der Waals surface area contributed by atoms with Gasteiger partial charge in [-0.2, -0.15) is 0 Å². The van der Waals surface area contributed by atoms with E-state index >= 15 is 0 Å². The molecule has 0 aliphatic rings. The molecule has 0 saturated heterocycles. The number of benzene rings is 2. The van der Waals surface area contributed by atoms with Crippen LogP contribution in [0.15, 0.2) is 59.1 Å². The Balaban J connectivity index is 1.52. The van der Waals surface area contributed by atoms with Gasteiger partial charge in [-0.1, -0.05) is 29.8 Å². The molecular weight excluding hydrogens is 382 g/mol. The van der Waals surface area contributed by atoms with Crippen molar-refractivity contribution in [2.24, 2.45) is 0 Å². The predicted octanol–water partition coefficient (Wildman–Crippen LogP) is 4.34. The highest BCUT2D eigenvalue weighted by Gasteiger charge is 2.14. The maximum absolute atomic E-state index is 12.3. The maximum Gasteiger partial charge on any atom is 0.273 e. The lowest BCUT2D eigenvalue weighted by Crippen LogP contribution is -2.32. The van der Waals surface area contributed by atoms with E-state index in [0.29, 0.717) is 22.8 Å². The van der Waals surface area contributed by atoms with E-state index in [1.54, 1.807) is 42.5 Å². The smallest absolute Gasteiger partial charge is 0.273 e. The van der Waals surface area contributed by atoms with Crippen molar-refractivity contribution in [1.29, 1.82) is 0 Å². The molecule has 0 spiro atoms. The molecular formula is C23H25N3O4. The van der Waals surface area contributed by atoms with Gasteiger partial charge in [0.1, 0.15) is 12.4 Å². The van der Waals surface area contributed by atoms with Crippen LogP contribution in [0.5, 0.6) is 5.75 Å². The van der Waals surface area contributed by atoms with E-state index in [4.69, 9.17) is 9.26 Å². The van der Waals surface area contributed by atoms with Gasteiger partial charge in [-0.15, -0.1) is 0 Å². The highest BCUT2D eigenvalue weighted by molar-refractivity contribution is 6.04. The summed E-state index contributed by atoms with van der Waals surface area (Å²) in [6.07, 6.45) is 0.834. The molecule has 0 saturated carbocycles. The van der Waals surface area contributed by atoms with Crippen molar-refractivity contribution < 1.29 is 18.8 Å². The van der Waals surface area contributed by atoms with Crippen LogP contribution in [-0.4, -0.2) is 23.0 Å². The van der Waals surface area contributed by atoms with Gasteiger partial charge < -0.3 is 19.9 Å². The second-order valence-electron chi connectivity index (χ2n) is 7.09. The van der Waals surface area contributed by atoms with Crippen molar-refractivity contribution in [2.45, 2.75) is 39.8 Å². The third-order valence-corrected chi connectivity index (χ3v) is 4.59. The minimum absolute atomic E-state index is 0.0684. The third kappa shape index (κ3) is 5.70. The van der Waals surface area contributed by atoms with Gasteiger partial charge in [0, 0.05) is 23.4 Å². The molecule has 1 atom stereocenters. The number of anilines is 1. The summed E-state index contributed by atoms with van der Waals surface area (Å²) in [5.41, 5.74) is 2.59. The number of rotatable bonds is 8. The first kappa shape index (κ1) is 21.1. The average Bonchev–Trinajstić information content (AvgIpc) is 3.23. The zero-order valence-corrected chi connectivity index (χ0v) is 17.3. The van der Waals surface area contributed by atoms with E-state index in [1.165, 1.54) is 0 Å². The summed E-state index contributed by atoms with van der Waals surface area (Å²) in [7, 11) is 0. The maximum atomic E-state index is 12.3. The second-order valence-corrected chi connectivity index (χ2v) is 7.09. The van der Waals surface area contributed by atoms with Crippen LogP contribution in [0.3, 0.4) is 0 Å². The highest BCUT2D eigenvalue weighted by atomic mass is 16.5. The summed E-state index contributed by atoms with van der Waals surface area (Å²) < 4.78 is 10.8. The Morgan fingerprint density at radius 2 is 1.77 bits per heavy atom. The van der Waals surface area contributed by atoms with Gasteiger partial charge in [0.25, 0.3) is 11.8 Å². The van der Waals surface area contributed by atoms with Gasteiger partial charge in [0.2, 0.25) is 0 Å². The van der Waals surface area contributed by atoms with Crippen molar-refractivity contribution in [1.82, 2.24) is 10.5 Å². The number of hydrogen-bond acceptors (Lipinski definition) is 5. The second kappa shape index (κ2) is 9.73. The standard InChI is InChI=1S/C23H25N3O4/c1-4-16(3)24-23(28)21-13-20(30-26-21)14-29-19-11-9-18(10-12-19)25-22(27)17-7-5-15(2)6-8-17/h5-13,16H,4,14H2,1-3H3,(H,24,28)(H,25,27)/t16-/m1/s1. The number of hydrogen-bond donors (Lipinski definition) is 2. The molecule has 1 heterocycles. The van der Waals surface area contributed by atoms with Crippen molar-refractivity contribution in [3.63, 3.8) is 0 Å². The van der Waals surface area contributed by atoms with Gasteiger partial charge in [0.05, 0.1) is 0 Å². The molecule has 156 valence electrons. The van der Waals surface area contributed by atoms with Gasteiger partial charge >= 0.3 is 0 Å². The Morgan fingerprint density at radius 3 is 2.43 bits per heavy atom. The first-order chi connectivity index (χ1) is 14.4. The Morgan fingerprint density at radius 1 is 1.07 bits per heavy atom. The average molecular weight is 407 g/mol. The zero-order valence-electron chi connectivity index (χ0n) is 17.3. The fraction of sp³-hybridized carbons (Fsp3) is 0.261. The van der Waals surface area contributed by atoms with Crippen molar-refractivity contribution >= 4 is 17.5 Å². The van der Waals surface area contributed by atoms with Gasteiger partial charge in [-0.3, -0.25) is 9.59 Å². The topological polar surface area (TPSA) is 93.5 Å². The third-order valence-electron chi connectivity index (χ3n) is 4.59. The van der Waals surface area contributed by atoms with E-state index in [0.717, 1.165) is 12.0 Å². The minimum Gasteiger partial charge on any atom is -0.486 e. The summed E-state index contributed by atoms with van der Waals surface area (Å²) >= 11 is 0. The molecule has 0 unspecified atom stereocenters. The van der Waals surface area contributed by atoms with Crippen LogP contribution in [0.25, 0.3) is 0 Å². The van der Waals surface area contributed by atoms with E-state index in [-0.39, 0.29) is 30.2 Å². The van der Waals surface area contributed by atoms with Crippen LogP contribution in [-0.2, 0) is 6.61 Å². The van der Waals surface area contributed by atoms with Gasteiger partial charge in [-0.05, 0) is 56.7 Å². The van der Waals surface area contributed by atoms with Crippen LogP contribution in [0.4, 0.5) is 5.69 Å². The van der Waals surface area contributed by atoms with Crippen LogP contribution < -0.4 is 15.4 Å². The molecule has 3 rings (SSSR count). The molecule has 0 bridgehead atoms. The summed E-state index contributed by atoms with van der Waals surface area (Å²) in [5.74, 6) is 0.605. The molecule has 0 fully saturated rings. The summed E-state index contributed by atoms with van der Waals surface area (Å²) in [5, 5.41) is 9.46. The van der Waals surface area contributed by atoms with Crippen molar-refractivity contribution in [2.75, 3.05) is 5.32 Å². The number of nitrogens with zero attached hydrogens (tertiary/aromatic N) is 1. The Bertz CT molecular complexity index is 994. The Labute approximate surface area is 175 Å². The van der Waals surface area contributed by atoms with Crippen molar-refractivity contribution in [3.8, 4) is 5.75 Å². The largest absolute Gasteiger partial charge is 0.486 e. The summed E-state index contributed by atoms with van der Waals surface area (Å²) in [6.45, 7) is 6.03. The first-order valence-corrected chi connectivity index (χ1v) is 9.82. The highest BCUT2D eigenvalue weighted by Crippen LogP contribution is 2.18. The minimum atomic E-state index is -0.270. The van der Waals surface area contributed by atoms with Crippen molar-refractivity contribution in [3.05, 3.63) is 77.2 Å². The van der Waals surface area contributed by atoms with E-state index in [9.17, 15) is 9.59 Å². The van der Waals surface area contributed by atoms with Crippen LogP contribution >= 0.6 is 0 Å². The van der Waals surface area contributed by atoms with Gasteiger partial charge in [-0.25, -0.2) is 0 Å². The van der Waals surface area contributed by atoms with Crippen LogP contribution in [0.1, 0.15) is 52.4 Å². The zero-order chi connectivity index (χ0) is 21.5. The molecule has 0 radical (unpaired) electrons. The quantitative estimate of drug-likeness (QED) is 0.579. The van der Waals surface area contributed by atoms with Crippen LogP contribution in [0, 0.1) is 6.92 Å². The molecule has 3 aromatic rings. The van der Waals surface area contributed by atoms with E-state index in [1.807, 2.05) is 32.9 Å². The molecule has 7 nitrogen and oxygen atoms in total. The Hall–Kier alpha value is -3.61. The fourth-order valence-corrected chi connectivity index (χ4v) is 2.58. The SMILES string of the molecule is CC[C@@H](C)NC(=O)c1cc(COc2ccc(NC(=O)c3ccc(C)cc3)cc2)on1. The molecule has 0 aliphatic heterocycles. The lowest BCUT2D eigenvalue weighted by Gasteiger charge is -2.08. The molecule has 30 heavy (non-hydrogen) atoms. The molecule has 2 amide bonds. The number of carbonyl (C=O) groups excluding carboxylic acids is 2. The fourth-order valence-electron chi connectivity index (χ4n) is 2.58. The molecule has 7 heteroatoms. The van der Waals surface area contributed by atoms with Crippen LogP contribution in [0.2, 0.25) is 0 Å². The number of amides is 2. The van der Waals surface area contributed by atoms with E-state index < -0.39 is 0 Å². The lowest BCUT2D eigenvalue weighted by atomic mass is 10.1. The Kier molecular flexibility index (Phi) is 6.85. The monoisotopic (exact) mass is 407 g/mol. The molecule has 1 aromatic heterocycles. The first-order valence-electron chi connectivity index (χ1n) is 9.82. The molecule has 0 aliphatic carbocycles. The van der Waals surface area contributed by atoms with E-state index in [2.05, 4.69) is 15.8 Å². The normalized spacial score (nSPS) is 11.6. The number of carbonyl (C=O) groups is 2. The lowest BCUT2D eigenvalue weighted by molar-refractivity contribution is 0.0929. The van der Waals surface area contributed by atoms with Gasteiger partial charge in [0.15, 0.2) is 11.5 Å². The number of nitrogens with one attached hydrogen (secondary N) is 2. The summed E-state index contributed by atoms with van der Waals surface area (Å²) in [6, 6.07) is 16.0. The molecule has 2 aromatic carbocycles. The number of ether oxygens (including phenoxy) is 1. The molecule has 2 N–H and O–H groups in total. The number of aryl methyl sites for hydroxylation is 1. The number of aromatic nitrogens is 1. The summed E-state index contributed by atoms with van der Waals surface area (Å²) in [4.78, 5) is 24.3. The predicted molar refractivity (Wildman–Crippen MR) is 114 cm³/mol.